The highest BCUT2D eigenvalue weighted by Gasteiger charge is 2.35. The third-order valence-corrected chi connectivity index (χ3v) is 3.13. The van der Waals surface area contributed by atoms with Crippen LogP contribution in [-0.2, 0) is 4.74 Å². The molecule has 1 heterocycles. The Balaban J connectivity index is 3.25. The minimum absolute atomic E-state index is 0.0503. The molecule has 0 radical (unpaired) electrons. The van der Waals surface area contributed by atoms with E-state index in [1.807, 2.05) is 0 Å². The third-order valence-electron chi connectivity index (χ3n) is 1.86. The van der Waals surface area contributed by atoms with Crippen molar-refractivity contribution < 1.29 is 27.4 Å². The van der Waals surface area contributed by atoms with Crippen LogP contribution in [-0.4, -0.2) is 23.9 Å². The van der Waals surface area contributed by atoms with Crippen LogP contribution in [0.1, 0.15) is 23.0 Å². The summed E-state index contributed by atoms with van der Waals surface area (Å²) in [4.78, 5) is 15.3. The fraction of sp³-hybridized carbons (Fsp3) is 0.400. The van der Waals surface area contributed by atoms with Crippen molar-refractivity contribution in [1.82, 2.24) is 4.98 Å². The SMILES string of the molecule is CCOC(=O)c1cnc(C)c(I)c1OC(F)(F)F. The Labute approximate surface area is 115 Å². The Morgan fingerprint density at radius 1 is 1.50 bits per heavy atom. The number of alkyl halides is 3. The summed E-state index contributed by atoms with van der Waals surface area (Å²) in [5.41, 5.74) is -0.00734. The smallest absolute Gasteiger partial charge is 0.462 e. The summed E-state index contributed by atoms with van der Waals surface area (Å²) in [6, 6.07) is 0. The number of aryl methyl sites for hydroxylation is 1. The first-order valence-electron chi connectivity index (χ1n) is 4.84. The van der Waals surface area contributed by atoms with Crippen molar-refractivity contribution in [3.05, 3.63) is 21.0 Å². The number of carbonyl (C=O) groups excluding carboxylic acids is 1. The van der Waals surface area contributed by atoms with Crippen LogP contribution in [0.2, 0.25) is 0 Å². The first kappa shape index (κ1) is 15.0. The Kier molecular flexibility index (Phi) is 4.77. The molecule has 0 atom stereocenters. The van der Waals surface area contributed by atoms with E-state index in [0.717, 1.165) is 6.20 Å². The summed E-state index contributed by atoms with van der Waals surface area (Å²) in [7, 11) is 0. The molecule has 0 aliphatic carbocycles. The molecule has 100 valence electrons. The summed E-state index contributed by atoms with van der Waals surface area (Å²) in [5, 5.41) is 0. The molecule has 1 aromatic rings. The van der Waals surface area contributed by atoms with Gasteiger partial charge in [-0.25, -0.2) is 4.79 Å². The lowest BCUT2D eigenvalue weighted by Gasteiger charge is -2.14. The predicted octanol–water partition coefficient (Wildman–Crippen LogP) is 3.07. The summed E-state index contributed by atoms with van der Waals surface area (Å²) in [5.74, 6) is -1.48. The maximum Gasteiger partial charge on any atom is 0.573 e. The van der Waals surface area contributed by atoms with Crippen LogP contribution < -0.4 is 4.74 Å². The third kappa shape index (κ3) is 3.72. The molecule has 0 aromatic carbocycles. The number of halogens is 4. The van der Waals surface area contributed by atoms with E-state index in [1.165, 1.54) is 6.92 Å². The Bertz CT molecular complexity index is 462. The van der Waals surface area contributed by atoms with Crippen molar-refractivity contribution in [3.63, 3.8) is 0 Å². The molecule has 1 aromatic heterocycles. The Morgan fingerprint density at radius 3 is 2.61 bits per heavy atom. The normalized spacial score (nSPS) is 11.2. The number of hydrogen-bond donors (Lipinski definition) is 0. The van der Waals surface area contributed by atoms with Gasteiger partial charge in [0, 0.05) is 6.20 Å². The van der Waals surface area contributed by atoms with Gasteiger partial charge in [0.25, 0.3) is 0 Å². The van der Waals surface area contributed by atoms with Gasteiger partial charge in [-0.1, -0.05) is 0 Å². The number of aromatic nitrogens is 1. The van der Waals surface area contributed by atoms with Gasteiger partial charge in [-0.2, -0.15) is 0 Å². The number of hydrogen-bond acceptors (Lipinski definition) is 4. The number of ether oxygens (including phenoxy) is 2. The standard InChI is InChI=1S/C10H9F3INO3/c1-3-17-9(16)6-4-15-5(2)7(14)8(6)18-10(11,12)13/h4H,3H2,1-2H3. The van der Waals surface area contributed by atoms with Crippen molar-refractivity contribution in [2.45, 2.75) is 20.2 Å². The average Bonchev–Trinajstić information content (AvgIpc) is 2.23. The molecule has 0 saturated heterocycles. The lowest BCUT2D eigenvalue weighted by atomic mass is 10.2. The van der Waals surface area contributed by atoms with E-state index in [0.29, 0.717) is 5.69 Å². The van der Waals surface area contributed by atoms with Crippen molar-refractivity contribution >= 4 is 28.6 Å². The molecular weight excluding hydrogens is 366 g/mol. The van der Waals surface area contributed by atoms with Crippen LogP contribution in [0.4, 0.5) is 13.2 Å². The monoisotopic (exact) mass is 375 g/mol. The molecule has 18 heavy (non-hydrogen) atoms. The van der Waals surface area contributed by atoms with Gasteiger partial charge in [0.2, 0.25) is 0 Å². The van der Waals surface area contributed by atoms with Crippen LogP contribution in [0.25, 0.3) is 0 Å². The second kappa shape index (κ2) is 5.72. The minimum atomic E-state index is -4.88. The number of carbonyl (C=O) groups is 1. The zero-order chi connectivity index (χ0) is 13.9. The molecule has 0 N–H and O–H groups in total. The highest BCUT2D eigenvalue weighted by molar-refractivity contribution is 14.1. The van der Waals surface area contributed by atoms with E-state index < -0.39 is 18.1 Å². The summed E-state index contributed by atoms with van der Waals surface area (Å²) in [6.07, 6.45) is -3.87. The quantitative estimate of drug-likeness (QED) is 0.602. The largest absolute Gasteiger partial charge is 0.573 e. The van der Waals surface area contributed by atoms with E-state index >= 15 is 0 Å². The number of rotatable bonds is 3. The average molecular weight is 375 g/mol. The van der Waals surface area contributed by atoms with Crippen LogP contribution >= 0.6 is 22.6 Å². The number of nitrogens with zero attached hydrogens (tertiary/aromatic N) is 1. The van der Waals surface area contributed by atoms with Crippen molar-refractivity contribution in [3.8, 4) is 5.75 Å². The number of pyridine rings is 1. The molecule has 4 nitrogen and oxygen atoms in total. The minimum Gasteiger partial charge on any atom is -0.462 e. The molecule has 0 amide bonds. The first-order chi connectivity index (χ1) is 8.26. The molecule has 0 unspecified atom stereocenters. The van der Waals surface area contributed by atoms with E-state index in [1.54, 1.807) is 29.5 Å². The van der Waals surface area contributed by atoms with Gasteiger partial charge < -0.3 is 9.47 Å². The molecule has 0 spiro atoms. The van der Waals surface area contributed by atoms with Crippen molar-refractivity contribution in [2.75, 3.05) is 6.61 Å². The highest BCUT2D eigenvalue weighted by atomic mass is 127. The zero-order valence-electron chi connectivity index (χ0n) is 9.47. The van der Waals surface area contributed by atoms with E-state index in [4.69, 9.17) is 0 Å². The molecular formula is C10H9F3INO3. The van der Waals surface area contributed by atoms with Crippen LogP contribution in [0.5, 0.6) is 5.75 Å². The Hall–Kier alpha value is -1.06. The van der Waals surface area contributed by atoms with Crippen LogP contribution in [0.15, 0.2) is 6.20 Å². The molecule has 0 bridgehead atoms. The van der Waals surface area contributed by atoms with Gasteiger partial charge >= 0.3 is 12.3 Å². The second-order valence-corrected chi connectivity index (χ2v) is 4.25. The van der Waals surface area contributed by atoms with Crippen molar-refractivity contribution in [1.29, 1.82) is 0 Å². The molecule has 0 fully saturated rings. The van der Waals surface area contributed by atoms with Crippen LogP contribution in [0, 0.1) is 10.5 Å². The summed E-state index contributed by atoms with van der Waals surface area (Å²) in [6.45, 7) is 3.11. The van der Waals surface area contributed by atoms with Gasteiger partial charge in [-0.05, 0) is 36.4 Å². The topological polar surface area (TPSA) is 48.4 Å². The Morgan fingerprint density at radius 2 is 2.11 bits per heavy atom. The number of esters is 1. The summed E-state index contributed by atoms with van der Waals surface area (Å²) >= 11 is 1.64. The molecule has 0 aliphatic rings. The zero-order valence-corrected chi connectivity index (χ0v) is 11.6. The lowest BCUT2D eigenvalue weighted by Crippen LogP contribution is -2.21. The molecule has 0 aliphatic heterocycles. The predicted molar refractivity (Wildman–Crippen MR) is 64.3 cm³/mol. The van der Waals surface area contributed by atoms with Gasteiger partial charge in [0.05, 0.1) is 15.9 Å². The van der Waals surface area contributed by atoms with Crippen molar-refractivity contribution in [2.24, 2.45) is 0 Å². The first-order valence-corrected chi connectivity index (χ1v) is 5.92. The van der Waals surface area contributed by atoms with Gasteiger partial charge in [0.1, 0.15) is 5.56 Å². The van der Waals surface area contributed by atoms with E-state index in [2.05, 4.69) is 14.5 Å². The van der Waals surface area contributed by atoms with Gasteiger partial charge in [-0.3, -0.25) is 4.98 Å². The molecule has 1 rings (SSSR count). The second-order valence-electron chi connectivity index (χ2n) is 3.17. The fourth-order valence-corrected chi connectivity index (χ4v) is 1.67. The van der Waals surface area contributed by atoms with E-state index in [-0.39, 0.29) is 15.7 Å². The van der Waals surface area contributed by atoms with Crippen LogP contribution in [0.3, 0.4) is 0 Å². The maximum atomic E-state index is 12.3. The van der Waals surface area contributed by atoms with Gasteiger partial charge in [-0.15, -0.1) is 13.2 Å². The highest BCUT2D eigenvalue weighted by Crippen LogP contribution is 2.32. The molecule has 8 heteroatoms. The fourth-order valence-electron chi connectivity index (χ4n) is 1.13. The molecule has 0 saturated carbocycles. The summed E-state index contributed by atoms with van der Waals surface area (Å²) < 4.78 is 45.5. The lowest BCUT2D eigenvalue weighted by molar-refractivity contribution is -0.275. The van der Waals surface area contributed by atoms with E-state index in [9.17, 15) is 18.0 Å². The van der Waals surface area contributed by atoms with Gasteiger partial charge in [0.15, 0.2) is 5.75 Å². The maximum absolute atomic E-state index is 12.3.